The predicted molar refractivity (Wildman–Crippen MR) is 71.2 cm³/mol. The first-order valence-corrected chi connectivity index (χ1v) is 7.14. The summed E-state index contributed by atoms with van der Waals surface area (Å²) in [5.74, 6) is -0.153. The summed E-state index contributed by atoms with van der Waals surface area (Å²) in [5, 5.41) is 23.1. The van der Waals surface area contributed by atoms with E-state index in [2.05, 4.69) is 5.32 Å². The largest absolute Gasteiger partial charge is 0.389 e. The molecule has 4 nitrogen and oxygen atoms in total. The van der Waals surface area contributed by atoms with Gasteiger partial charge in [0.25, 0.3) is 0 Å². The molecule has 0 aliphatic heterocycles. The molecular weight excluding hydrogens is 230 g/mol. The third-order valence-corrected chi connectivity index (χ3v) is 4.20. The standard InChI is InChI=1S/C14H27NO3/c1-3-13(17,4-2)11-15-12(16)10-14(18)8-6-5-7-9-14/h17-18H,3-11H2,1-2H3,(H,15,16). The van der Waals surface area contributed by atoms with Crippen LogP contribution in [-0.4, -0.2) is 33.9 Å². The fraction of sp³-hybridized carbons (Fsp3) is 0.929. The van der Waals surface area contributed by atoms with E-state index in [-0.39, 0.29) is 18.9 Å². The van der Waals surface area contributed by atoms with E-state index >= 15 is 0 Å². The van der Waals surface area contributed by atoms with E-state index in [1.807, 2.05) is 13.8 Å². The van der Waals surface area contributed by atoms with Gasteiger partial charge in [-0.15, -0.1) is 0 Å². The van der Waals surface area contributed by atoms with Crippen LogP contribution in [0.2, 0.25) is 0 Å². The lowest BCUT2D eigenvalue weighted by atomic mass is 9.82. The Morgan fingerprint density at radius 2 is 1.78 bits per heavy atom. The summed E-state index contributed by atoms with van der Waals surface area (Å²) in [5.41, 5.74) is -1.64. The molecule has 1 aliphatic carbocycles. The Balaban J connectivity index is 2.37. The highest BCUT2D eigenvalue weighted by Gasteiger charge is 2.32. The summed E-state index contributed by atoms with van der Waals surface area (Å²) in [4.78, 5) is 11.8. The zero-order valence-electron chi connectivity index (χ0n) is 11.7. The molecule has 0 heterocycles. The van der Waals surface area contributed by atoms with Gasteiger partial charge in [-0.05, 0) is 25.7 Å². The van der Waals surface area contributed by atoms with Crippen molar-refractivity contribution in [3.8, 4) is 0 Å². The predicted octanol–water partition coefficient (Wildman–Crippen LogP) is 1.74. The van der Waals surface area contributed by atoms with Gasteiger partial charge in [-0.2, -0.15) is 0 Å². The maximum Gasteiger partial charge on any atom is 0.222 e. The zero-order chi connectivity index (χ0) is 13.6. The summed E-state index contributed by atoms with van der Waals surface area (Å²) in [7, 11) is 0. The molecular formula is C14H27NO3. The molecule has 0 aromatic rings. The van der Waals surface area contributed by atoms with Gasteiger partial charge in [0.05, 0.1) is 17.6 Å². The number of hydrogen-bond acceptors (Lipinski definition) is 3. The van der Waals surface area contributed by atoms with E-state index in [0.717, 1.165) is 19.3 Å². The van der Waals surface area contributed by atoms with Crippen LogP contribution in [0.3, 0.4) is 0 Å². The minimum absolute atomic E-state index is 0.153. The molecule has 0 aromatic heterocycles. The Labute approximate surface area is 110 Å². The van der Waals surface area contributed by atoms with Crippen LogP contribution in [0.25, 0.3) is 0 Å². The van der Waals surface area contributed by atoms with Crippen molar-refractivity contribution in [3.63, 3.8) is 0 Å². The van der Waals surface area contributed by atoms with Crippen molar-refractivity contribution in [2.24, 2.45) is 0 Å². The molecule has 1 saturated carbocycles. The second-order valence-corrected chi connectivity index (χ2v) is 5.67. The van der Waals surface area contributed by atoms with Gasteiger partial charge in [-0.3, -0.25) is 4.79 Å². The Bertz CT molecular complexity index is 268. The summed E-state index contributed by atoms with van der Waals surface area (Å²) in [6.07, 6.45) is 5.97. The van der Waals surface area contributed by atoms with Crippen LogP contribution >= 0.6 is 0 Å². The smallest absolute Gasteiger partial charge is 0.222 e. The van der Waals surface area contributed by atoms with Gasteiger partial charge >= 0.3 is 0 Å². The monoisotopic (exact) mass is 257 g/mol. The molecule has 4 heteroatoms. The van der Waals surface area contributed by atoms with Crippen LogP contribution in [0.5, 0.6) is 0 Å². The molecule has 106 valence electrons. The average molecular weight is 257 g/mol. The number of carbonyl (C=O) groups is 1. The van der Waals surface area contributed by atoms with Crippen molar-refractivity contribution >= 4 is 5.91 Å². The molecule has 18 heavy (non-hydrogen) atoms. The normalized spacial score (nSPS) is 19.6. The maximum absolute atomic E-state index is 11.8. The van der Waals surface area contributed by atoms with Crippen molar-refractivity contribution in [3.05, 3.63) is 0 Å². The van der Waals surface area contributed by atoms with Gasteiger partial charge in [0, 0.05) is 6.54 Å². The molecule has 1 aliphatic rings. The summed E-state index contributed by atoms with van der Waals surface area (Å²) < 4.78 is 0. The van der Waals surface area contributed by atoms with Crippen molar-refractivity contribution in [2.45, 2.75) is 76.4 Å². The van der Waals surface area contributed by atoms with Gasteiger partial charge in [-0.1, -0.05) is 33.1 Å². The highest BCUT2D eigenvalue weighted by molar-refractivity contribution is 5.77. The van der Waals surface area contributed by atoms with E-state index in [9.17, 15) is 15.0 Å². The molecule has 0 saturated heterocycles. The Kier molecular flexibility index (Phi) is 5.60. The number of hydrogen-bond donors (Lipinski definition) is 3. The molecule has 0 aromatic carbocycles. The average Bonchev–Trinajstić information content (AvgIpc) is 2.36. The van der Waals surface area contributed by atoms with Gasteiger partial charge in [0.15, 0.2) is 0 Å². The van der Waals surface area contributed by atoms with Crippen molar-refractivity contribution < 1.29 is 15.0 Å². The molecule has 0 spiro atoms. The quantitative estimate of drug-likeness (QED) is 0.679. The van der Waals surface area contributed by atoms with Gasteiger partial charge in [-0.25, -0.2) is 0 Å². The number of rotatable bonds is 6. The van der Waals surface area contributed by atoms with Gasteiger partial charge < -0.3 is 15.5 Å². The molecule has 0 unspecified atom stereocenters. The van der Waals surface area contributed by atoms with Crippen LogP contribution < -0.4 is 5.32 Å². The lowest BCUT2D eigenvalue weighted by Crippen LogP contribution is -2.45. The highest BCUT2D eigenvalue weighted by atomic mass is 16.3. The Morgan fingerprint density at radius 1 is 1.22 bits per heavy atom. The van der Waals surface area contributed by atoms with Crippen LogP contribution in [0.15, 0.2) is 0 Å². The van der Waals surface area contributed by atoms with Crippen LogP contribution in [0.4, 0.5) is 0 Å². The second kappa shape index (κ2) is 6.53. The van der Waals surface area contributed by atoms with Crippen LogP contribution in [-0.2, 0) is 4.79 Å². The van der Waals surface area contributed by atoms with Crippen molar-refractivity contribution in [2.75, 3.05) is 6.54 Å². The zero-order valence-corrected chi connectivity index (χ0v) is 11.7. The lowest BCUT2D eigenvalue weighted by Gasteiger charge is -2.32. The molecule has 1 rings (SSSR count). The minimum atomic E-state index is -0.821. The Hall–Kier alpha value is -0.610. The first-order chi connectivity index (χ1) is 8.43. The molecule has 1 fully saturated rings. The third kappa shape index (κ3) is 4.58. The molecule has 0 radical (unpaired) electrons. The molecule has 1 amide bonds. The van der Waals surface area contributed by atoms with Crippen LogP contribution in [0, 0.1) is 0 Å². The van der Waals surface area contributed by atoms with E-state index in [0.29, 0.717) is 25.7 Å². The SMILES string of the molecule is CCC(O)(CC)CNC(=O)CC1(O)CCCCC1. The fourth-order valence-corrected chi connectivity index (χ4v) is 2.51. The first kappa shape index (κ1) is 15.4. The van der Waals surface area contributed by atoms with Gasteiger partial charge in [0.2, 0.25) is 5.91 Å². The fourth-order valence-electron chi connectivity index (χ4n) is 2.51. The summed E-state index contributed by atoms with van der Waals surface area (Å²) in [6.45, 7) is 4.09. The van der Waals surface area contributed by atoms with Gasteiger partial charge in [0.1, 0.15) is 0 Å². The van der Waals surface area contributed by atoms with Crippen molar-refractivity contribution in [1.82, 2.24) is 5.32 Å². The summed E-state index contributed by atoms with van der Waals surface area (Å²) >= 11 is 0. The number of carbonyl (C=O) groups excluding carboxylic acids is 1. The van der Waals surface area contributed by atoms with Crippen LogP contribution in [0.1, 0.15) is 65.2 Å². The van der Waals surface area contributed by atoms with E-state index < -0.39 is 11.2 Å². The van der Waals surface area contributed by atoms with Crippen molar-refractivity contribution in [1.29, 1.82) is 0 Å². The van der Waals surface area contributed by atoms with E-state index in [4.69, 9.17) is 0 Å². The molecule has 3 N–H and O–H groups in total. The lowest BCUT2D eigenvalue weighted by molar-refractivity contribution is -0.128. The minimum Gasteiger partial charge on any atom is -0.389 e. The molecule has 0 bridgehead atoms. The van der Waals surface area contributed by atoms with E-state index in [1.165, 1.54) is 0 Å². The second-order valence-electron chi connectivity index (χ2n) is 5.67. The highest BCUT2D eigenvalue weighted by Crippen LogP contribution is 2.30. The Morgan fingerprint density at radius 3 is 2.28 bits per heavy atom. The number of aliphatic hydroxyl groups is 2. The third-order valence-electron chi connectivity index (χ3n) is 4.20. The summed E-state index contributed by atoms with van der Waals surface area (Å²) in [6, 6.07) is 0. The maximum atomic E-state index is 11.8. The van der Waals surface area contributed by atoms with E-state index in [1.54, 1.807) is 0 Å². The molecule has 0 atom stereocenters. The number of amides is 1. The topological polar surface area (TPSA) is 69.6 Å². The first-order valence-electron chi connectivity index (χ1n) is 7.14. The number of nitrogens with one attached hydrogen (secondary N) is 1.